The molecule has 0 unspecified atom stereocenters. The Morgan fingerprint density at radius 2 is 0.821 bits per heavy atom. The Kier molecular flexibility index (Phi) is 22.3. The molecule has 8 atom stereocenters. The van der Waals surface area contributed by atoms with E-state index in [0.717, 1.165) is 0 Å². The van der Waals surface area contributed by atoms with Crippen LogP contribution in [0.4, 0.5) is 0 Å². The molecule has 14 nitrogen and oxygen atoms in total. The molecule has 16 heteroatoms. The van der Waals surface area contributed by atoms with Crippen molar-refractivity contribution in [3.8, 4) is 0 Å². The number of aliphatic hydroxyl groups is 10. The molecule has 0 rings (SSSR count). The Hall–Kier alpha value is -0.174. The predicted molar refractivity (Wildman–Crippen MR) is 78.0 cm³/mol. The van der Waals surface area contributed by atoms with E-state index in [9.17, 15) is 19.8 Å². The minimum absolute atomic E-state index is 0. The van der Waals surface area contributed by atoms with Crippen LogP contribution in [0, 0.1) is 0 Å². The van der Waals surface area contributed by atoms with Gasteiger partial charge in [0.1, 0.15) is 48.8 Å². The molecule has 0 amide bonds. The molecule has 0 fully saturated rings. The van der Waals surface area contributed by atoms with Crippen molar-refractivity contribution >= 4 is 35.0 Å². The van der Waals surface area contributed by atoms with Crippen molar-refractivity contribution in [2.24, 2.45) is 0 Å². The number of aliphatic hydroxyl groups excluding tert-OH is 10. The van der Waals surface area contributed by atoms with Gasteiger partial charge < -0.3 is 70.9 Å². The van der Waals surface area contributed by atoms with Crippen LogP contribution in [0.3, 0.4) is 0 Å². The molecule has 167 valence electrons. The number of hydrogen-bond acceptors (Lipinski definition) is 14. The van der Waals surface area contributed by atoms with E-state index in [2.05, 4.69) is 0 Å². The van der Waals surface area contributed by atoms with Crippen molar-refractivity contribution in [2.75, 3.05) is 13.2 Å². The van der Waals surface area contributed by atoms with Gasteiger partial charge in [-0.3, -0.25) is 0 Å². The smallest absolute Gasteiger partial charge is 0.547 e. The summed E-state index contributed by atoms with van der Waals surface area (Å²) >= 11 is 0. The van der Waals surface area contributed by atoms with Gasteiger partial charge in [-0.25, -0.2) is 0 Å². The third-order valence-electron chi connectivity index (χ3n) is 2.99. The van der Waals surface area contributed by atoms with E-state index in [4.69, 9.17) is 51.1 Å². The first kappa shape index (κ1) is 35.3. The van der Waals surface area contributed by atoms with Crippen LogP contribution >= 0.6 is 0 Å². The van der Waals surface area contributed by atoms with E-state index in [1.54, 1.807) is 0 Å². The second kappa shape index (κ2) is 17.7. The van der Waals surface area contributed by atoms with Gasteiger partial charge in [-0.05, 0) is 0 Å². The summed E-state index contributed by atoms with van der Waals surface area (Å²) in [6.45, 7) is -1.73. The normalized spacial score (nSPS) is 18.9. The first-order valence-electron chi connectivity index (χ1n) is 6.91. The second-order valence-electron chi connectivity index (χ2n) is 4.99. The Bertz CT molecular complexity index is 391. The molecular weight excluding hydrogens is 456 g/mol. The van der Waals surface area contributed by atoms with Crippen molar-refractivity contribution in [2.45, 2.75) is 48.8 Å². The molecule has 0 aromatic heterocycles. The van der Waals surface area contributed by atoms with E-state index in [-0.39, 0.29) is 40.1 Å². The zero-order chi connectivity index (χ0) is 21.2. The molecule has 0 spiro atoms. The maximum absolute atomic E-state index is 9.98. The van der Waals surface area contributed by atoms with Gasteiger partial charge in [0.15, 0.2) is 0 Å². The molecule has 0 aromatic rings. The fraction of sp³-hybridized carbons (Fsp3) is 0.833. The number of carbonyl (C=O) groups excluding carboxylic acids is 2. The van der Waals surface area contributed by atoms with Crippen molar-refractivity contribution in [3.05, 3.63) is 0 Å². The summed E-state index contributed by atoms with van der Waals surface area (Å²) in [5.41, 5.74) is 0. The van der Waals surface area contributed by atoms with Gasteiger partial charge in [0, 0.05) is 17.1 Å². The molecule has 0 heterocycles. The van der Waals surface area contributed by atoms with Gasteiger partial charge in [-0.15, -0.1) is 0 Å². The fourth-order valence-corrected chi connectivity index (χ4v) is 1.32. The summed E-state index contributed by atoms with van der Waals surface area (Å²) < 4.78 is 0. The summed E-state index contributed by atoms with van der Waals surface area (Å²) in [7, 11) is 0. The molecule has 10 N–H and O–H groups in total. The first-order valence-corrected chi connectivity index (χ1v) is 6.91. The summed E-state index contributed by atoms with van der Waals surface area (Å²) in [5.74, 6) is -3.95. The molecule has 28 heavy (non-hydrogen) atoms. The third-order valence-corrected chi connectivity index (χ3v) is 2.99. The van der Waals surface area contributed by atoms with E-state index < -0.39 is 74.0 Å². The van der Waals surface area contributed by atoms with Crippen molar-refractivity contribution < 1.29 is 87.9 Å². The zero-order valence-corrected chi connectivity index (χ0v) is 16.5. The van der Waals surface area contributed by atoms with Crippen molar-refractivity contribution in [3.63, 3.8) is 0 Å². The summed E-state index contributed by atoms with van der Waals surface area (Å²) in [6.07, 6.45) is -16.2. The first-order chi connectivity index (χ1) is 11.8. The number of rotatable bonds is 10. The molecule has 0 aliphatic heterocycles. The number of hydrogen-bond donors (Lipinski definition) is 10. The number of aliphatic carboxylic acids is 2. The molecule has 0 aromatic carbocycles. The number of carboxylic acid groups (broad SMARTS) is 2. The maximum Gasteiger partial charge on any atom is 2.00 e. The van der Waals surface area contributed by atoms with Gasteiger partial charge in [0.2, 0.25) is 0 Å². The Morgan fingerprint density at radius 3 is 0.964 bits per heavy atom. The monoisotopic (exact) mass is 477 g/mol. The van der Waals surface area contributed by atoms with Crippen LogP contribution in [0.5, 0.6) is 0 Å². The third kappa shape index (κ3) is 12.4. The van der Waals surface area contributed by atoms with E-state index in [1.165, 1.54) is 0 Å². The van der Waals surface area contributed by atoms with E-state index in [0.29, 0.717) is 0 Å². The summed E-state index contributed by atoms with van der Waals surface area (Å²) in [4.78, 5) is 20.0. The summed E-state index contributed by atoms with van der Waals surface area (Å²) in [6, 6.07) is 0. The molecule has 0 aliphatic rings. The van der Waals surface area contributed by atoms with Gasteiger partial charge >= 0.3 is 23.1 Å². The van der Waals surface area contributed by atoms with E-state index in [1.807, 2.05) is 0 Å². The van der Waals surface area contributed by atoms with Crippen LogP contribution in [0.1, 0.15) is 0 Å². The number of carbonyl (C=O) groups is 2. The molecule has 0 saturated heterocycles. The Balaban J connectivity index is -0.000000192. The molecular formula is C12H22CuMgO14. The van der Waals surface area contributed by atoms with Gasteiger partial charge in [0.25, 0.3) is 0 Å². The molecule has 0 aliphatic carbocycles. The van der Waals surface area contributed by atoms with Crippen LogP contribution < -0.4 is 10.2 Å². The average Bonchev–Trinajstić information content (AvgIpc) is 2.62. The van der Waals surface area contributed by atoms with Crippen molar-refractivity contribution in [1.29, 1.82) is 0 Å². The van der Waals surface area contributed by atoms with E-state index >= 15 is 0 Å². The summed E-state index contributed by atoms with van der Waals surface area (Å²) in [5, 5.41) is 107. The van der Waals surface area contributed by atoms with Crippen LogP contribution in [-0.4, -0.2) is 148 Å². The van der Waals surface area contributed by atoms with Crippen molar-refractivity contribution in [1.82, 2.24) is 0 Å². The Labute approximate surface area is 184 Å². The standard InChI is InChI=1S/2C6H12O7.Cu.Mg/c2*7-1-2(8)3(9)4(10)5(11)6(12)13;;/h2*2-5,7-11H,1H2,(H,12,13);;/q;;;+2/p-2/t2*2-,3-,4+,5-;;/m11../s1. The minimum atomic E-state index is -2.31. The van der Waals surface area contributed by atoms with Crippen LogP contribution in [0.2, 0.25) is 0 Å². The Morgan fingerprint density at radius 1 is 0.607 bits per heavy atom. The largest absolute Gasteiger partial charge is 2.00 e. The predicted octanol–water partition coefficient (Wildman–Crippen LogP) is -10.0. The van der Waals surface area contributed by atoms with Crippen LogP contribution in [-0.2, 0) is 26.7 Å². The van der Waals surface area contributed by atoms with Gasteiger partial charge in [-0.2, -0.15) is 0 Å². The fourth-order valence-electron chi connectivity index (χ4n) is 1.32. The van der Waals surface area contributed by atoms with Crippen LogP contribution in [0.15, 0.2) is 0 Å². The number of carboxylic acids is 2. The zero-order valence-electron chi connectivity index (χ0n) is 14.1. The topological polar surface area (TPSA) is 283 Å². The van der Waals surface area contributed by atoms with Crippen LogP contribution in [0.25, 0.3) is 0 Å². The quantitative estimate of drug-likeness (QED) is 0.131. The average molecular weight is 478 g/mol. The second-order valence-corrected chi connectivity index (χ2v) is 4.99. The minimum Gasteiger partial charge on any atom is -0.547 e. The van der Waals surface area contributed by atoms with Gasteiger partial charge in [-0.1, -0.05) is 0 Å². The maximum atomic E-state index is 9.98. The van der Waals surface area contributed by atoms with Gasteiger partial charge in [0.05, 0.1) is 25.2 Å². The SMILES string of the molecule is O=C([O-])[C@H](O)[C@@H](O)[C@H](O)[C@H](O)CO.O=C([O-])[C@H](O)[C@@H](O)[C@H](O)[C@H](O)CO.[Cu].[Mg+2]. The molecule has 0 saturated carbocycles. The molecule has 1 radical (unpaired) electrons. The molecule has 0 bridgehead atoms.